The molecule has 0 bridgehead atoms. The van der Waals surface area contributed by atoms with Crippen molar-refractivity contribution in [2.45, 2.75) is 52.6 Å². The van der Waals surface area contributed by atoms with Gasteiger partial charge in [-0.25, -0.2) is 0 Å². The second-order valence-electron chi connectivity index (χ2n) is 5.64. The van der Waals surface area contributed by atoms with Gasteiger partial charge < -0.3 is 16.2 Å². The van der Waals surface area contributed by atoms with Crippen LogP contribution in [0.25, 0.3) is 0 Å². The maximum Gasteiger partial charge on any atom is 0.222 e. The zero-order chi connectivity index (χ0) is 13.5. The molecule has 0 aliphatic rings. The molecule has 0 aromatic rings. The van der Waals surface area contributed by atoms with Crippen LogP contribution in [0.15, 0.2) is 0 Å². The lowest BCUT2D eigenvalue weighted by atomic mass is 9.94. The summed E-state index contributed by atoms with van der Waals surface area (Å²) in [4.78, 5) is 11.7. The van der Waals surface area contributed by atoms with Crippen molar-refractivity contribution in [3.8, 4) is 0 Å². The van der Waals surface area contributed by atoms with Crippen molar-refractivity contribution in [3.05, 3.63) is 0 Å². The zero-order valence-electron chi connectivity index (χ0n) is 11.6. The molecule has 17 heavy (non-hydrogen) atoms. The summed E-state index contributed by atoms with van der Waals surface area (Å²) in [5.74, 6) is 0.382. The van der Waals surface area contributed by atoms with E-state index in [1.54, 1.807) is 6.92 Å². The average molecular weight is 244 g/mol. The van der Waals surface area contributed by atoms with Crippen LogP contribution in [-0.4, -0.2) is 29.7 Å². The molecule has 0 rings (SSSR count). The van der Waals surface area contributed by atoms with Gasteiger partial charge in [0, 0.05) is 12.5 Å². The van der Waals surface area contributed by atoms with E-state index in [1.807, 2.05) is 6.92 Å². The van der Waals surface area contributed by atoms with Gasteiger partial charge in [-0.15, -0.1) is 0 Å². The SMILES string of the molecule is CC(C)CC(C)(O)CNC(=O)C(C)CCCN. The van der Waals surface area contributed by atoms with E-state index in [9.17, 15) is 9.90 Å². The topological polar surface area (TPSA) is 75.3 Å². The minimum Gasteiger partial charge on any atom is -0.388 e. The van der Waals surface area contributed by atoms with Crippen LogP contribution in [0, 0.1) is 11.8 Å². The highest BCUT2D eigenvalue weighted by atomic mass is 16.3. The van der Waals surface area contributed by atoms with Gasteiger partial charge in [-0.2, -0.15) is 0 Å². The number of nitrogens with one attached hydrogen (secondary N) is 1. The van der Waals surface area contributed by atoms with Crippen LogP contribution in [0.2, 0.25) is 0 Å². The molecule has 0 aromatic carbocycles. The van der Waals surface area contributed by atoms with Crippen molar-refractivity contribution in [1.82, 2.24) is 5.32 Å². The molecule has 0 heterocycles. The van der Waals surface area contributed by atoms with Gasteiger partial charge in [0.15, 0.2) is 0 Å². The normalized spacial score (nSPS) is 16.6. The summed E-state index contributed by atoms with van der Waals surface area (Å²) >= 11 is 0. The fraction of sp³-hybridized carbons (Fsp3) is 0.923. The second kappa shape index (κ2) is 7.67. The highest BCUT2D eigenvalue weighted by molar-refractivity contribution is 5.78. The van der Waals surface area contributed by atoms with Crippen LogP contribution in [0.5, 0.6) is 0 Å². The Hall–Kier alpha value is -0.610. The second-order valence-corrected chi connectivity index (χ2v) is 5.64. The zero-order valence-corrected chi connectivity index (χ0v) is 11.6. The molecule has 2 atom stereocenters. The summed E-state index contributed by atoms with van der Waals surface area (Å²) in [6.07, 6.45) is 2.34. The van der Waals surface area contributed by atoms with E-state index in [2.05, 4.69) is 19.2 Å². The molecule has 0 spiro atoms. The summed E-state index contributed by atoms with van der Waals surface area (Å²) in [6, 6.07) is 0. The fourth-order valence-corrected chi connectivity index (χ4v) is 1.96. The van der Waals surface area contributed by atoms with Crippen LogP contribution < -0.4 is 11.1 Å². The molecule has 4 heteroatoms. The van der Waals surface area contributed by atoms with E-state index < -0.39 is 5.60 Å². The Morgan fingerprint density at radius 3 is 2.47 bits per heavy atom. The fourth-order valence-electron chi connectivity index (χ4n) is 1.96. The van der Waals surface area contributed by atoms with Crippen molar-refractivity contribution in [1.29, 1.82) is 0 Å². The van der Waals surface area contributed by atoms with Gasteiger partial charge in [0.25, 0.3) is 0 Å². The molecule has 0 aliphatic carbocycles. The van der Waals surface area contributed by atoms with Crippen LogP contribution in [0.4, 0.5) is 0 Å². The summed E-state index contributed by atoms with van der Waals surface area (Å²) in [7, 11) is 0. The van der Waals surface area contributed by atoms with E-state index in [1.165, 1.54) is 0 Å². The molecule has 4 nitrogen and oxygen atoms in total. The van der Waals surface area contributed by atoms with Crippen molar-refractivity contribution in [2.24, 2.45) is 17.6 Å². The Kier molecular flexibility index (Phi) is 7.39. The number of amides is 1. The maximum absolute atomic E-state index is 11.7. The predicted molar refractivity (Wildman–Crippen MR) is 70.5 cm³/mol. The first-order valence-electron chi connectivity index (χ1n) is 6.48. The highest BCUT2D eigenvalue weighted by Gasteiger charge is 2.23. The van der Waals surface area contributed by atoms with Gasteiger partial charge in [0.05, 0.1) is 5.60 Å². The van der Waals surface area contributed by atoms with E-state index in [0.29, 0.717) is 25.4 Å². The smallest absolute Gasteiger partial charge is 0.222 e. The van der Waals surface area contributed by atoms with Crippen LogP contribution in [0.1, 0.15) is 47.0 Å². The van der Waals surface area contributed by atoms with Crippen molar-refractivity contribution in [2.75, 3.05) is 13.1 Å². The van der Waals surface area contributed by atoms with E-state index in [-0.39, 0.29) is 11.8 Å². The summed E-state index contributed by atoms with van der Waals surface area (Å²) in [5, 5.41) is 12.9. The largest absolute Gasteiger partial charge is 0.388 e. The van der Waals surface area contributed by atoms with E-state index in [0.717, 1.165) is 12.8 Å². The summed E-state index contributed by atoms with van der Waals surface area (Å²) in [6.45, 7) is 8.69. The van der Waals surface area contributed by atoms with Gasteiger partial charge in [-0.3, -0.25) is 4.79 Å². The number of hydrogen-bond acceptors (Lipinski definition) is 3. The van der Waals surface area contributed by atoms with Crippen LogP contribution in [-0.2, 0) is 4.79 Å². The van der Waals surface area contributed by atoms with Crippen LogP contribution in [0.3, 0.4) is 0 Å². The van der Waals surface area contributed by atoms with Gasteiger partial charge in [-0.1, -0.05) is 20.8 Å². The van der Waals surface area contributed by atoms with Crippen LogP contribution >= 0.6 is 0 Å². The van der Waals surface area contributed by atoms with E-state index >= 15 is 0 Å². The Bertz CT molecular complexity index is 227. The first-order valence-corrected chi connectivity index (χ1v) is 6.48. The lowest BCUT2D eigenvalue weighted by Gasteiger charge is -2.26. The Labute approximate surface area is 105 Å². The quantitative estimate of drug-likeness (QED) is 0.602. The average Bonchev–Trinajstić information content (AvgIpc) is 2.20. The first kappa shape index (κ1) is 16.4. The Morgan fingerprint density at radius 1 is 1.41 bits per heavy atom. The molecule has 0 aliphatic heterocycles. The number of carbonyl (C=O) groups excluding carboxylic acids is 1. The van der Waals surface area contributed by atoms with Gasteiger partial charge >= 0.3 is 0 Å². The van der Waals surface area contributed by atoms with Crippen molar-refractivity contribution >= 4 is 5.91 Å². The standard InChI is InChI=1S/C13H28N2O2/c1-10(2)8-13(4,17)9-15-12(16)11(3)6-5-7-14/h10-11,17H,5-9,14H2,1-4H3,(H,15,16). The molecule has 102 valence electrons. The molecular formula is C13H28N2O2. The molecule has 0 fully saturated rings. The molecule has 2 unspecified atom stereocenters. The van der Waals surface area contributed by atoms with Gasteiger partial charge in [0.1, 0.15) is 0 Å². The molecular weight excluding hydrogens is 216 g/mol. The maximum atomic E-state index is 11.7. The minimum atomic E-state index is -0.822. The third-order valence-electron chi connectivity index (χ3n) is 2.78. The number of aliphatic hydroxyl groups is 1. The number of hydrogen-bond donors (Lipinski definition) is 3. The lowest BCUT2D eigenvalue weighted by Crippen LogP contribution is -2.43. The molecule has 0 saturated carbocycles. The lowest BCUT2D eigenvalue weighted by molar-refractivity contribution is -0.126. The Morgan fingerprint density at radius 2 is 2.00 bits per heavy atom. The first-order chi connectivity index (χ1) is 7.78. The third-order valence-corrected chi connectivity index (χ3v) is 2.78. The molecule has 1 amide bonds. The van der Waals surface area contributed by atoms with Gasteiger partial charge in [-0.05, 0) is 38.6 Å². The number of rotatable bonds is 8. The van der Waals surface area contributed by atoms with Crippen molar-refractivity contribution in [3.63, 3.8) is 0 Å². The monoisotopic (exact) mass is 244 g/mol. The summed E-state index contributed by atoms with van der Waals surface area (Å²) in [5.41, 5.74) is 4.58. The number of carbonyl (C=O) groups is 1. The molecule has 4 N–H and O–H groups in total. The predicted octanol–water partition coefficient (Wildman–Crippen LogP) is 1.27. The molecule has 0 saturated heterocycles. The highest BCUT2D eigenvalue weighted by Crippen LogP contribution is 2.15. The third kappa shape index (κ3) is 8.16. The Balaban J connectivity index is 3.97. The van der Waals surface area contributed by atoms with Gasteiger partial charge in [0.2, 0.25) is 5.91 Å². The van der Waals surface area contributed by atoms with Crippen molar-refractivity contribution < 1.29 is 9.90 Å². The minimum absolute atomic E-state index is 0.00230. The summed E-state index contributed by atoms with van der Waals surface area (Å²) < 4.78 is 0. The van der Waals surface area contributed by atoms with E-state index in [4.69, 9.17) is 5.73 Å². The number of nitrogens with two attached hydrogens (primary N) is 1. The molecule has 0 aromatic heterocycles. The molecule has 0 radical (unpaired) electrons.